The average Bonchev–Trinajstić information content (AvgIpc) is 3.56. The van der Waals surface area contributed by atoms with Crippen LogP contribution in [-0.4, -0.2) is 61.1 Å². The van der Waals surface area contributed by atoms with E-state index in [0.29, 0.717) is 49.1 Å². The van der Waals surface area contributed by atoms with Crippen LogP contribution in [0.2, 0.25) is 0 Å². The van der Waals surface area contributed by atoms with E-state index >= 15 is 4.39 Å². The van der Waals surface area contributed by atoms with Gasteiger partial charge in [0.15, 0.2) is 11.6 Å². The summed E-state index contributed by atoms with van der Waals surface area (Å²) in [5, 5.41) is 6.41. The third kappa shape index (κ3) is 5.59. The van der Waals surface area contributed by atoms with Gasteiger partial charge in [0.2, 0.25) is 0 Å². The van der Waals surface area contributed by atoms with Gasteiger partial charge in [-0.1, -0.05) is 18.2 Å². The zero-order valence-corrected chi connectivity index (χ0v) is 23.7. The van der Waals surface area contributed by atoms with Crippen LogP contribution in [0.15, 0.2) is 46.2 Å². The highest BCUT2D eigenvalue weighted by Crippen LogP contribution is 2.42. The van der Waals surface area contributed by atoms with Crippen molar-refractivity contribution in [3.05, 3.63) is 80.6 Å². The normalized spacial score (nSPS) is 16.6. The first-order valence-corrected chi connectivity index (χ1v) is 14.3. The predicted molar refractivity (Wildman–Crippen MR) is 149 cm³/mol. The molecule has 1 atom stereocenters. The van der Waals surface area contributed by atoms with Gasteiger partial charge in [-0.05, 0) is 36.2 Å². The second-order valence-corrected chi connectivity index (χ2v) is 11.1. The number of carbonyl (C=O) groups is 1. The molecule has 0 spiro atoms. The number of hydrogen-bond donors (Lipinski definition) is 2. The number of fused-ring (bicyclic) bond motifs is 1. The molecule has 1 fully saturated rings. The molecular formula is C29H29F5N4O3S. The van der Waals surface area contributed by atoms with Crippen LogP contribution >= 0.6 is 11.8 Å². The fourth-order valence-corrected chi connectivity index (χ4v) is 6.88. The standard InChI is InChI=1S/C29H29F5N4O3S/c1-16-19(13-20-21(29(32,33)34)6-4-7-22(20)30)27-38(26(39)24(16)18-5-3-8-23(41-2)25(18)31)17(15-42-27)14-35-9-11-37-12-10-36-28(37)40/h3-8,17,35H,9-15H2,1-2H3,(H,36,40). The van der Waals surface area contributed by atoms with Crippen LogP contribution in [0.3, 0.4) is 0 Å². The number of methoxy groups -OCH3 is 1. The number of urea groups is 1. The minimum absolute atomic E-state index is 0.0173. The van der Waals surface area contributed by atoms with Crippen LogP contribution in [0.4, 0.5) is 26.7 Å². The zero-order chi connectivity index (χ0) is 30.2. The maximum Gasteiger partial charge on any atom is 0.416 e. The smallest absolute Gasteiger partial charge is 0.416 e. The summed E-state index contributed by atoms with van der Waals surface area (Å²) in [5.74, 6) is -1.47. The van der Waals surface area contributed by atoms with Crippen molar-refractivity contribution in [1.29, 1.82) is 0 Å². The van der Waals surface area contributed by atoms with Crippen molar-refractivity contribution in [3.8, 4) is 16.9 Å². The molecule has 1 saturated heterocycles. The summed E-state index contributed by atoms with van der Waals surface area (Å²) in [6, 6.07) is 6.58. The molecule has 2 aliphatic heterocycles. The zero-order valence-electron chi connectivity index (χ0n) is 22.9. The lowest BCUT2D eigenvalue weighted by Gasteiger charge is -2.22. The number of alkyl halides is 3. The molecule has 3 heterocycles. The molecule has 1 unspecified atom stereocenters. The molecule has 2 amide bonds. The maximum atomic E-state index is 15.5. The first-order chi connectivity index (χ1) is 20.0. The number of aromatic nitrogens is 1. The highest BCUT2D eigenvalue weighted by atomic mass is 32.2. The number of ether oxygens (including phenoxy) is 1. The van der Waals surface area contributed by atoms with Crippen molar-refractivity contribution in [2.75, 3.05) is 45.6 Å². The summed E-state index contributed by atoms with van der Waals surface area (Å²) in [6.45, 7) is 3.96. The van der Waals surface area contributed by atoms with Crippen LogP contribution in [0, 0.1) is 18.6 Å². The van der Waals surface area contributed by atoms with Crippen molar-refractivity contribution >= 4 is 17.8 Å². The molecule has 224 valence electrons. The Labute approximate surface area is 243 Å². The molecular weight excluding hydrogens is 579 g/mol. The number of pyridine rings is 1. The van der Waals surface area contributed by atoms with E-state index in [-0.39, 0.29) is 28.5 Å². The lowest BCUT2D eigenvalue weighted by Crippen LogP contribution is -2.38. The molecule has 0 bridgehead atoms. The Hall–Kier alpha value is -3.58. The lowest BCUT2D eigenvalue weighted by atomic mass is 9.92. The van der Waals surface area contributed by atoms with Gasteiger partial charge in [-0.25, -0.2) is 13.6 Å². The summed E-state index contributed by atoms with van der Waals surface area (Å²) in [6.07, 6.45) is -5.24. The molecule has 42 heavy (non-hydrogen) atoms. The van der Waals surface area contributed by atoms with Gasteiger partial charge in [-0.3, -0.25) is 9.36 Å². The fraction of sp³-hybridized carbons (Fsp3) is 0.379. The number of hydrogen-bond acceptors (Lipinski definition) is 5. The highest BCUT2D eigenvalue weighted by Gasteiger charge is 2.37. The van der Waals surface area contributed by atoms with Crippen LogP contribution < -0.4 is 20.9 Å². The SMILES string of the molecule is COc1cccc(-c2c(C)c(Cc3c(F)cccc3C(F)(F)F)c3n(c2=O)C(CNCCN2CCNC2=O)CS3)c1F. The van der Waals surface area contributed by atoms with E-state index in [1.165, 1.54) is 41.6 Å². The van der Waals surface area contributed by atoms with Gasteiger partial charge in [0.05, 0.1) is 29.3 Å². The molecule has 0 radical (unpaired) electrons. The number of nitrogens with zero attached hydrogens (tertiary/aromatic N) is 2. The molecule has 13 heteroatoms. The molecule has 5 rings (SSSR count). The van der Waals surface area contributed by atoms with Gasteiger partial charge in [0, 0.05) is 56.0 Å². The highest BCUT2D eigenvalue weighted by molar-refractivity contribution is 7.99. The number of nitrogens with one attached hydrogen (secondary N) is 2. The van der Waals surface area contributed by atoms with Gasteiger partial charge in [-0.2, -0.15) is 13.2 Å². The van der Waals surface area contributed by atoms with Crippen molar-refractivity contribution in [2.24, 2.45) is 0 Å². The van der Waals surface area contributed by atoms with E-state index in [2.05, 4.69) is 10.6 Å². The number of benzene rings is 2. The number of thioether (sulfide) groups is 1. The van der Waals surface area contributed by atoms with E-state index in [0.717, 1.165) is 18.2 Å². The molecule has 2 aliphatic rings. The van der Waals surface area contributed by atoms with E-state index in [4.69, 9.17) is 4.74 Å². The average molecular weight is 609 g/mol. The van der Waals surface area contributed by atoms with Crippen molar-refractivity contribution in [1.82, 2.24) is 20.1 Å². The summed E-state index contributed by atoms with van der Waals surface area (Å²) >= 11 is 1.30. The van der Waals surface area contributed by atoms with E-state index in [9.17, 15) is 27.2 Å². The number of rotatable bonds is 9. The molecule has 7 nitrogen and oxygen atoms in total. The second-order valence-electron chi connectivity index (χ2n) is 10.1. The number of halogens is 5. The topological polar surface area (TPSA) is 75.6 Å². The first-order valence-electron chi connectivity index (χ1n) is 13.3. The molecule has 0 aliphatic carbocycles. The van der Waals surface area contributed by atoms with Crippen LogP contribution in [0.25, 0.3) is 11.1 Å². The predicted octanol–water partition coefficient (Wildman–Crippen LogP) is 4.98. The molecule has 3 aromatic rings. The molecule has 1 aromatic heterocycles. The fourth-order valence-electron chi connectivity index (χ4n) is 5.49. The quantitative estimate of drug-likeness (QED) is 0.265. The van der Waals surface area contributed by atoms with E-state index in [1.54, 1.807) is 11.8 Å². The Morgan fingerprint density at radius 2 is 1.88 bits per heavy atom. The Bertz CT molecular complexity index is 1580. The van der Waals surface area contributed by atoms with Crippen molar-refractivity contribution < 1.29 is 31.5 Å². The third-order valence-electron chi connectivity index (χ3n) is 7.63. The monoisotopic (exact) mass is 608 g/mol. The maximum absolute atomic E-state index is 15.5. The molecule has 2 N–H and O–H groups in total. The summed E-state index contributed by atoms with van der Waals surface area (Å²) < 4.78 is 78.7. The van der Waals surface area contributed by atoms with Crippen LogP contribution in [0.5, 0.6) is 5.75 Å². The Morgan fingerprint density at radius 3 is 2.57 bits per heavy atom. The molecule has 2 aromatic carbocycles. The minimum Gasteiger partial charge on any atom is -0.494 e. The van der Waals surface area contributed by atoms with E-state index < -0.39 is 47.0 Å². The number of amides is 2. The van der Waals surface area contributed by atoms with Gasteiger partial charge in [-0.15, -0.1) is 11.8 Å². The Balaban J connectivity index is 1.59. The summed E-state index contributed by atoms with van der Waals surface area (Å²) in [5.41, 5.74) is -1.62. The van der Waals surface area contributed by atoms with Crippen LogP contribution in [-0.2, 0) is 12.6 Å². The van der Waals surface area contributed by atoms with E-state index in [1.807, 2.05) is 0 Å². The van der Waals surface area contributed by atoms with Gasteiger partial charge >= 0.3 is 12.2 Å². The number of carbonyl (C=O) groups excluding carboxylic acids is 1. The Morgan fingerprint density at radius 1 is 1.12 bits per heavy atom. The van der Waals surface area contributed by atoms with Gasteiger partial charge < -0.3 is 20.3 Å². The second kappa shape index (κ2) is 12.0. The van der Waals surface area contributed by atoms with Crippen molar-refractivity contribution in [2.45, 2.75) is 30.6 Å². The summed E-state index contributed by atoms with van der Waals surface area (Å²) in [4.78, 5) is 27.5. The van der Waals surface area contributed by atoms with Gasteiger partial charge in [0.1, 0.15) is 5.82 Å². The minimum atomic E-state index is -4.80. The van der Waals surface area contributed by atoms with Crippen LogP contribution in [0.1, 0.15) is 28.3 Å². The first kappa shape index (κ1) is 29.9. The lowest BCUT2D eigenvalue weighted by molar-refractivity contribution is -0.138. The summed E-state index contributed by atoms with van der Waals surface area (Å²) in [7, 11) is 1.29. The largest absolute Gasteiger partial charge is 0.494 e. The third-order valence-corrected chi connectivity index (χ3v) is 8.90. The Kier molecular flexibility index (Phi) is 8.51. The van der Waals surface area contributed by atoms with Crippen molar-refractivity contribution in [3.63, 3.8) is 0 Å². The molecule has 0 saturated carbocycles. The van der Waals surface area contributed by atoms with Gasteiger partial charge in [0.25, 0.3) is 5.56 Å².